The van der Waals surface area contributed by atoms with E-state index < -0.39 is 42.6 Å². The van der Waals surface area contributed by atoms with Crippen molar-refractivity contribution in [3.05, 3.63) is 71.8 Å². The van der Waals surface area contributed by atoms with Gasteiger partial charge in [0.1, 0.15) is 6.10 Å². The van der Waals surface area contributed by atoms with Crippen molar-refractivity contribution in [3.8, 4) is 0 Å². The van der Waals surface area contributed by atoms with Gasteiger partial charge in [-0.25, -0.2) is 9.59 Å². The summed E-state index contributed by atoms with van der Waals surface area (Å²) in [7, 11) is 0. The summed E-state index contributed by atoms with van der Waals surface area (Å²) in [5.74, 6) is -1.44. The van der Waals surface area contributed by atoms with Gasteiger partial charge in [0.2, 0.25) is 0 Å². The zero-order valence-electron chi connectivity index (χ0n) is 14.6. The first-order valence-electron chi connectivity index (χ1n) is 8.51. The van der Waals surface area contributed by atoms with Gasteiger partial charge in [-0.1, -0.05) is 36.4 Å². The van der Waals surface area contributed by atoms with Crippen molar-refractivity contribution < 1.29 is 34.0 Å². The molecule has 2 N–H and O–H groups in total. The van der Waals surface area contributed by atoms with E-state index >= 15 is 0 Å². The maximum absolute atomic E-state index is 12.4. The molecule has 2 unspecified atom stereocenters. The van der Waals surface area contributed by atoms with Gasteiger partial charge in [-0.3, -0.25) is 0 Å². The highest BCUT2D eigenvalue weighted by molar-refractivity contribution is 5.90. The molecule has 27 heavy (non-hydrogen) atoms. The van der Waals surface area contributed by atoms with Crippen LogP contribution >= 0.6 is 0 Å². The zero-order chi connectivity index (χ0) is 19.4. The van der Waals surface area contributed by atoms with Crippen LogP contribution in [0.15, 0.2) is 60.7 Å². The lowest BCUT2D eigenvalue weighted by Crippen LogP contribution is -2.59. The molecule has 2 aromatic carbocycles. The number of ether oxygens (including phenoxy) is 3. The molecule has 5 atom stereocenters. The number of rotatable bonds is 4. The van der Waals surface area contributed by atoms with Crippen LogP contribution in [0.2, 0.25) is 0 Å². The first-order valence-corrected chi connectivity index (χ1v) is 8.51. The number of hydrogen-bond acceptors (Lipinski definition) is 7. The van der Waals surface area contributed by atoms with Crippen LogP contribution in [0.1, 0.15) is 27.6 Å². The lowest BCUT2D eigenvalue weighted by molar-refractivity contribution is -0.276. The van der Waals surface area contributed by atoms with Crippen LogP contribution in [0.5, 0.6) is 0 Å². The largest absolute Gasteiger partial charge is 0.452 e. The summed E-state index contributed by atoms with van der Waals surface area (Å²) in [5.41, 5.74) is 0.525. The van der Waals surface area contributed by atoms with Gasteiger partial charge in [0, 0.05) is 0 Å². The quantitative estimate of drug-likeness (QED) is 0.785. The van der Waals surface area contributed by atoms with E-state index in [4.69, 9.17) is 14.2 Å². The van der Waals surface area contributed by atoms with Gasteiger partial charge in [0.25, 0.3) is 0 Å². The minimum atomic E-state index is -1.55. The number of hydrogen-bond donors (Lipinski definition) is 2. The van der Waals surface area contributed by atoms with Crippen molar-refractivity contribution in [3.63, 3.8) is 0 Å². The number of benzene rings is 2. The number of carbonyl (C=O) groups excluding carboxylic acids is 2. The van der Waals surface area contributed by atoms with Crippen molar-refractivity contribution in [2.24, 2.45) is 0 Å². The van der Waals surface area contributed by atoms with Gasteiger partial charge in [-0.05, 0) is 31.2 Å². The van der Waals surface area contributed by atoms with Crippen molar-refractivity contribution in [1.29, 1.82) is 0 Å². The SMILES string of the molecule is CC1O[C@@H](O)C(OC(=O)c2ccccc2)[C@@H](OC(=O)c2ccccc2)[C@@H]1O. The molecule has 3 rings (SSSR count). The Balaban J connectivity index is 1.80. The number of aliphatic hydroxyl groups excluding tert-OH is 2. The summed E-state index contributed by atoms with van der Waals surface area (Å²) in [6.45, 7) is 1.52. The van der Waals surface area contributed by atoms with E-state index in [0.717, 1.165) is 0 Å². The molecule has 1 saturated heterocycles. The van der Waals surface area contributed by atoms with Crippen LogP contribution in [0.4, 0.5) is 0 Å². The molecule has 0 aromatic heterocycles. The highest BCUT2D eigenvalue weighted by Gasteiger charge is 2.48. The van der Waals surface area contributed by atoms with E-state index in [2.05, 4.69) is 0 Å². The molecular weight excluding hydrogens is 352 g/mol. The third-order valence-electron chi connectivity index (χ3n) is 4.28. The minimum absolute atomic E-state index is 0.256. The third-order valence-corrected chi connectivity index (χ3v) is 4.28. The average Bonchev–Trinajstić information content (AvgIpc) is 2.69. The Morgan fingerprint density at radius 1 is 0.815 bits per heavy atom. The fourth-order valence-corrected chi connectivity index (χ4v) is 2.80. The molecule has 0 amide bonds. The molecule has 2 aromatic rings. The molecule has 7 heteroatoms. The van der Waals surface area contributed by atoms with Gasteiger partial charge in [0.15, 0.2) is 18.5 Å². The lowest BCUT2D eigenvalue weighted by Gasteiger charge is -2.40. The van der Waals surface area contributed by atoms with E-state index in [1.54, 1.807) is 60.7 Å². The highest BCUT2D eigenvalue weighted by atomic mass is 16.7. The molecule has 142 valence electrons. The topological polar surface area (TPSA) is 102 Å². The molecule has 0 radical (unpaired) electrons. The lowest BCUT2D eigenvalue weighted by atomic mass is 9.99. The third kappa shape index (κ3) is 4.33. The average molecular weight is 372 g/mol. The van der Waals surface area contributed by atoms with Crippen molar-refractivity contribution in [2.75, 3.05) is 0 Å². The first kappa shape index (κ1) is 19.0. The van der Waals surface area contributed by atoms with Crippen LogP contribution in [-0.4, -0.2) is 52.9 Å². The maximum Gasteiger partial charge on any atom is 0.338 e. The van der Waals surface area contributed by atoms with Crippen LogP contribution in [0.3, 0.4) is 0 Å². The van der Waals surface area contributed by atoms with E-state index in [9.17, 15) is 19.8 Å². The zero-order valence-corrected chi connectivity index (χ0v) is 14.6. The monoisotopic (exact) mass is 372 g/mol. The Morgan fingerprint density at radius 2 is 1.26 bits per heavy atom. The van der Waals surface area contributed by atoms with Gasteiger partial charge >= 0.3 is 11.9 Å². The summed E-state index contributed by atoms with van der Waals surface area (Å²) in [5, 5.41) is 20.6. The summed E-state index contributed by atoms with van der Waals surface area (Å²) in [4.78, 5) is 24.7. The molecule has 0 bridgehead atoms. The second kappa shape index (κ2) is 8.30. The number of aliphatic hydroxyl groups is 2. The molecule has 1 aliphatic rings. The van der Waals surface area contributed by atoms with Gasteiger partial charge in [0.05, 0.1) is 17.2 Å². The fraction of sp³-hybridized carbons (Fsp3) is 0.300. The standard InChI is InChI=1S/C20H20O7/c1-12-15(21)16(26-18(22)13-8-4-2-5-9-13)17(20(24)25-12)27-19(23)14-10-6-3-7-11-14/h2-12,15-17,20-21,24H,1H3/t12?,15-,16+,17?,20-/m1/s1. The van der Waals surface area contributed by atoms with Crippen LogP contribution < -0.4 is 0 Å². The normalized spacial score (nSPS) is 27.6. The van der Waals surface area contributed by atoms with Crippen LogP contribution in [0, 0.1) is 0 Å². The fourth-order valence-electron chi connectivity index (χ4n) is 2.80. The molecule has 0 aliphatic carbocycles. The molecule has 1 fully saturated rings. The Hall–Kier alpha value is -2.74. The highest BCUT2D eigenvalue weighted by Crippen LogP contribution is 2.26. The Morgan fingerprint density at radius 3 is 1.74 bits per heavy atom. The number of carbonyl (C=O) groups is 2. The Labute approximate surface area is 156 Å². The molecule has 1 aliphatic heterocycles. The smallest absolute Gasteiger partial charge is 0.338 e. The molecule has 0 spiro atoms. The molecule has 1 heterocycles. The second-order valence-electron chi connectivity index (χ2n) is 6.19. The molecule has 0 saturated carbocycles. The van der Waals surface area contributed by atoms with Gasteiger partial charge < -0.3 is 24.4 Å². The summed E-state index contributed by atoms with van der Waals surface area (Å²) < 4.78 is 15.9. The van der Waals surface area contributed by atoms with E-state index in [-0.39, 0.29) is 11.1 Å². The van der Waals surface area contributed by atoms with Crippen molar-refractivity contribution >= 4 is 11.9 Å². The predicted molar refractivity (Wildman–Crippen MR) is 93.9 cm³/mol. The van der Waals surface area contributed by atoms with Gasteiger partial charge in [-0.2, -0.15) is 0 Å². The minimum Gasteiger partial charge on any atom is -0.452 e. The van der Waals surface area contributed by atoms with Crippen LogP contribution in [-0.2, 0) is 14.2 Å². The van der Waals surface area contributed by atoms with Crippen LogP contribution in [0.25, 0.3) is 0 Å². The van der Waals surface area contributed by atoms with Crippen molar-refractivity contribution in [1.82, 2.24) is 0 Å². The Kier molecular flexibility index (Phi) is 5.85. The van der Waals surface area contributed by atoms with Gasteiger partial charge in [-0.15, -0.1) is 0 Å². The molecular formula is C20H20O7. The van der Waals surface area contributed by atoms with E-state index in [0.29, 0.717) is 0 Å². The first-order chi connectivity index (χ1) is 13.0. The summed E-state index contributed by atoms with van der Waals surface area (Å²) >= 11 is 0. The van der Waals surface area contributed by atoms with E-state index in [1.165, 1.54) is 6.92 Å². The second-order valence-corrected chi connectivity index (χ2v) is 6.19. The summed E-state index contributed by atoms with van der Waals surface area (Å²) in [6, 6.07) is 16.3. The summed E-state index contributed by atoms with van der Waals surface area (Å²) in [6.07, 6.45) is -6.32. The maximum atomic E-state index is 12.4. The Bertz CT molecular complexity index is 777. The molecule has 7 nitrogen and oxygen atoms in total. The predicted octanol–water partition coefficient (Wildman–Crippen LogP) is 1.54. The van der Waals surface area contributed by atoms with Crippen molar-refractivity contribution in [2.45, 2.75) is 37.6 Å². The van der Waals surface area contributed by atoms with E-state index in [1.807, 2.05) is 0 Å². The number of esters is 2.